The van der Waals surface area contributed by atoms with E-state index in [-0.39, 0.29) is 5.91 Å². The summed E-state index contributed by atoms with van der Waals surface area (Å²) in [4.78, 5) is 12.5. The Balaban J connectivity index is 1.85. The highest BCUT2D eigenvalue weighted by molar-refractivity contribution is 7.92. The van der Waals surface area contributed by atoms with Gasteiger partial charge in [0, 0.05) is 17.8 Å². The van der Waals surface area contributed by atoms with Crippen LogP contribution >= 0.6 is 11.6 Å². The molecule has 0 aliphatic carbocycles. The fourth-order valence-electron chi connectivity index (χ4n) is 2.78. The van der Waals surface area contributed by atoms with Crippen LogP contribution in [-0.2, 0) is 16.4 Å². The standard InChI is InChI=1S/C17H17ClN2O4S/c1-24-16-6-5-13(10-14(16)18)19-17(21)12-4-3-11-7-8-20(15(11)9-12)25(2,22)23/h3-6,9-10H,7-8H2,1-2H3,(H,19,21). The summed E-state index contributed by atoms with van der Waals surface area (Å²) in [5.74, 6) is 0.172. The largest absolute Gasteiger partial charge is 0.495 e. The second-order valence-corrected chi connectivity index (χ2v) is 8.05. The number of carbonyl (C=O) groups is 1. The molecule has 0 unspecified atom stereocenters. The minimum atomic E-state index is -3.36. The van der Waals surface area contributed by atoms with Crippen LogP contribution in [0, 0.1) is 0 Å². The molecule has 0 atom stereocenters. The molecule has 25 heavy (non-hydrogen) atoms. The number of fused-ring (bicyclic) bond motifs is 1. The summed E-state index contributed by atoms with van der Waals surface area (Å²) in [6.07, 6.45) is 1.80. The van der Waals surface area contributed by atoms with Crippen molar-refractivity contribution in [1.82, 2.24) is 0 Å². The molecule has 0 saturated carbocycles. The van der Waals surface area contributed by atoms with Crippen molar-refractivity contribution in [3.63, 3.8) is 0 Å². The molecule has 0 radical (unpaired) electrons. The second-order valence-electron chi connectivity index (χ2n) is 5.73. The number of halogens is 1. The van der Waals surface area contributed by atoms with Crippen LogP contribution in [0.4, 0.5) is 11.4 Å². The number of hydrogen-bond acceptors (Lipinski definition) is 4. The van der Waals surface area contributed by atoms with E-state index in [4.69, 9.17) is 16.3 Å². The lowest BCUT2D eigenvalue weighted by Crippen LogP contribution is -2.27. The molecular weight excluding hydrogens is 364 g/mol. The first-order chi connectivity index (χ1) is 11.8. The molecule has 0 spiro atoms. The van der Waals surface area contributed by atoms with Gasteiger partial charge < -0.3 is 10.1 Å². The first-order valence-electron chi connectivity index (χ1n) is 7.55. The van der Waals surface area contributed by atoms with Gasteiger partial charge in [-0.2, -0.15) is 0 Å². The van der Waals surface area contributed by atoms with E-state index in [1.54, 1.807) is 36.4 Å². The summed E-state index contributed by atoms with van der Waals surface area (Å²) in [6, 6.07) is 10.0. The van der Waals surface area contributed by atoms with E-state index in [0.717, 1.165) is 11.8 Å². The molecule has 6 nitrogen and oxygen atoms in total. The van der Waals surface area contributed by atoms with Gasteiger partial charge in [0.15, 0.2) is 0 Å². The predicted octanol–water partition coefficient (Wildman–Crippen LogP) is 2.92. The number of benzene rings is 2. The van der Waals surface area contributed by atoms with Crippen molar-refractivity contribution >= 4 is 38.9 Å². The fraction of sp³-hybridized carbons (Fsp3) is 0.235. The number of nitrogens with zero attached hydrogens (tertiary/aromatic N) is 1. The predicted molar refractivity (Wildman–Crippen MR) is 98.3 cm³/mol. The maximum absolute atomic E-state index is 12.5. The molecule has 2 aromatic rings. The summed E-state index contributed by atoms with van der Waals surface area (Å²) in [5.41, 5.74) is 2.37. The number of methoxy groups -OCH3 is 1. The van der Waals surface area contributed by atoms with Gasteiger partial charge in [0.2, 0.25) is 10.0 Å². The normalized spacial score (nSPS) is 13.5. The maximum Gasteiger partial charge on any atom is 0.255 e. The highest BCUT2D eigenvalue weighted by Gasteiger charge is 2.27. The van der Waals surface area contributed by atoms with Crippen molar-refractivity contribution < 1.29 is 17.9 Å². The van der Waals surface area contributed by atoms with Gasteiger partial charge in [0.05, 0.1) is 24.1 Å². The minimum Gasteiger partial charge on any atom is -0.495 e. The number of ether oxygens (including phenoxy) is 1. The third-order valence-electron chi connectivity index (χ3n) is 4.01. The first-order valence-corrected chi connectivity index (χ1v) is 9.78. The Bertz CT molecular complexity index is 944. The summed E-state index contributed by atoms with van der Waals surface area (Å²) >= 11 is 6.06. The molecule has 1 heterocycles. The molecule has 0 aromatic heterocycles. The zero-order valence-electron chi connectivity index (χ0n) is 13.7. The molecule has 0 saturated heterocycles. The Morgan fingerprint density at radius 1 is 1.24 bits per heavy atom. The summed E-state index contributed by atoms with van der Waals surface area (Å²) < 4.78 is 30.1. The van der Waals surface area contributed by atoms with Crippen LogP contribution in [-0.4, -0.2) is 34.2 Å². The number of hydrogen-bond donors (Lipinski definition) is 1. The monoisotopic (exact) mass is 380 g/mol. The fourth-order valence-corrected chi connectivity index (χ4v) is 3.99. The zero-order chi connectivity index (χ0) is 18.2. The molecule has 1 N–H and O–H groups in total. The van der Waals surface area contributed by atoms with Crippen molar-refractivity contribution in [2.24, 2.45) is 0 Å². The average Bonchev–Trinajstić information content (AvgIpc) is 2.98. The lowest BCUT2D eigenvalue weighted by molar-refractivity contribution is 0.102. The molecule has 132 valence electrons. The molecule has 1 aliphatic heterocycles. The van der Waals surface area contributed by atoms with Crippen molar-refractivity contribution in [3.8, 4) is 5.75 Å². The first kappa shape index (κ1) is 17.6. The van der Waals surface area contributed by atoms with Gasteiger partial charge >= 0.3 is 0 Å². The van der Waals surface area contributed by atoms with Crippen LogP contribution in [0.5, 0.6) is 5.75 Å². The molecule has 8 heteroatoms. The Kier molecular flexibility index (Phi) is 4.62. The van der Waals surface area contributed by atoms with E-state index in [1.165, 1.54) is 11.4 Å². The number of rotatable bonds is 4. The van der Waals surface area contributed by atoms with Crippen molar-refractivity contribution in [3.05, 3.63) is 52.5 Å². The molecule has 2 aromatic carbocycles. The smallest absolute Gasteiger partial charge is 0.255 e. The van der Waals surface area contributed by atoms with E-state index in [2.05, 4.69) is 5.32 Å². The molecule has 1 aliphatic rings. The van der Waals surface area contributed by atoms with Crippen LogP contribution in [0.1, 0.15) is 15.9 Å². The van der Waals surface area contributed by atoms with E-state index < -0.39 is 10.0 Å². The van der Waals surface area contributed by atoms with Crippen molar-refractivity contribution in [2.45, 2.75) is 6.42 Å². The Labute approximate surface area is 151 Å². The third kappa shape index (κ3) is 3.57. The Morgan fingerprint density at radius 3 is 2.64 bits per heavy atom. The number of carbonyl (C=O) groups excluding carboxylic acids is 1. The van der Waals surface area contributed by atoms with Crippen LogP contribution in [0.2, 0.25) is 5.02 Å². The van der Waals surface area contributed by atoms with Gasteiger partial charge in [0.25, 0.3) is 5.91 Å². The molecule has 0 bridgehead atoms. The SMILES string of the molecule is COc1ccc(NC(=O)c2ccc3c(c2)N(S(C)(=O)=O)CC3)cc1Cl. The van der Waals surface area contributed by atoms with E-state index in [0.29, 0.717) is 40.7 Å². The highest BCUT2D eigenvalue weighted by Crippen LogP contribution is 2.31. The van der Waals surface area contributed by atoms with Crippen LogP contribution < -0.4 is 14.4 Å². The lowest BCUT2D eigenvalue weighted by atomic mass is 10.1. The van der Waals surface area contributed by atoms with Crippen LogP contribution in [0.15, 0.2) is 36.4 Å². The average molecular weight is 381 g/mol. The van der Waals surface area contributed by atoms with Crippen molar-refractivity contribution in [1.29, 1.82) is 0 Å². The highest BCUT2D eigenvalue weighted by atomic mass is 35.5. The number of amides is 1. The topological polar surface area (TPSA) is 75.7 Å². The lowest BCUT2D eigenvalue weighted by Gasteiger charge is -2.17. The van der Waals surface area contributed by atoms with Gasteiger partial charge in [-0.05, 0) is 42.3 Å². The van der Waals surface area contributed by atoms with Crippen LogP contribution in [0.25, 0.3) is 0 Å². The molecule has 1 amide bonds. The molecule has 3 rings (SSSR count). The summed E-state index contributed by atoms with van der Waals surface area (Å²) in [5, 5.41) is 3.13. The second kappa shape index (κ2) is 6.57. The van der Waals surface area contributed by atoms with Gasteiger partial charge in [0.1, 0.15) is 5.75 Å². The number of sulfonamides is 1. The van der Waals surface area contributed by atoms with Gasteiger partial charge in [-0.1, -0.05) is 17.7 Å². The summed E-state index contributed by atoms with van der Waals surface area (Å²) in [6.45, 7) is 0.396. The van der Waals surface area contributed by atoms with Gasteiger partial charge in [-0.3, -0.25) is 9.10 Å². The number of anilines is 2. The minimum absolute atomic E-state index is 0.343. The van der Waals surface area contributed by atoms with E-state index >= 15 is 0 Å². The van der Waals surface area contributed by atoms with Gasteiger partial charge in [-0.15, -0.1) is 0 Å². The van der Waals surface area contributed by atoms with E-state index in [9.17, 15) is 13.2 Å². The zero-order valence-corrected chi connectivity index (χ0v) is 15.3. The molecular formula is C17H17ClN2O4S. The quantitative estimate of drug-likeness (QED) is 0.884. The molecule has 0 fully saturated rings. The number of nitrogens with one attached hydrogen (secondary N) is 1. The van der Waals surface area contributed by atoms with Crippen molar-refractivity contribution in [2.75, 3.05) is 29.5 Å². The van der Waals surface area contributed by atoms with Gasteiger partial charge in [-0.25, -0.2) is 8.42 Å². The third-order valence-corrected chi connectivity index (χ3v) is 5.49. The van der Waals surface area contributed by atoms with Crippen LogP contribution in [0.3, 0.4) is 0 Å². The maximum atomic E-state index is 12.5. The Hall–Kier alpha value is -2.25. The summed E-state index contributed by atoms with van der Waals surface area (Å²) in [7, 11) is -1.85. The Morgan fingerprint density at radius 2 is 2.00 bits per heavy atom. The van der Waals surface area contributed by atoms with E-state index in [1.807, 2.05) is 0 Å².